The van der Waals surface area contributed by atoms with Crippen molar-refractivity contribution in [2.75, 3.05) is 0 Å². The fourth-order valence-electron chi connectivity index (χ4n) is 0. The Morgan fingerprint density at radius 1 is 1.57 bits per heavy atom. The van der Waals surface area contributed by atoms with Crippen molar-refractivity contribution in [1.82, 2.24) is 0 Å². The molecule has 7 heavy (non-hydrogen) atoms. The molecule has 44 valence electrons. The molecule has 1 nitrogen and oxygen atoms in total. The average Bonchev–Trinajstić information content (AvgIpc) is 1.31. The van der Waals surface area contributed by atoms with Gasteiger partial charge in [0.1, 0.15) is 0 Å². The molecule has 0 aromatic carbocycles. The first-order chi connectivity index (χ1) is 2.94. The van der Waals surface area contributed by atoms with Crippen molar-refractivity contribution < 1.29 is 5.11 Å². The summed E-state index contributed by atoms with van der Waals surface area (Å²) < 4.78 is -0.556. The van der Waals surface area contributed by atoms with Gasteiger partial charge in [-0.25, -0.2) is 0 Å². The largest absolute Gasteiger partial charge is 0.391 e. The summed E-state index contributed by atoms with van der Waals surface area (Å²) in [4.78, 5) is 0. The molecule has 3 heteroatoms. The zero-order valence-corrected chi connectivity index (χ0v) is 6.21. The first-order valence-corrected chi connectivity index (χ1v) is 2.97. The molecule has 0 amide bonds. The maximum absolute atomic E-state index is 8.74. The van der Waals surface area contributed by atoms with E-state index in [9.17, 15) is 0 Å². The van der Waals surface area contributed by atoms with E-state index in [0.717, 1.165) is 0 Å². The summed E-state index contributed by atoms with van der Waals surface area (Å²) in [5.74, 6) is 0. The van der Waals surface area contributed by atoms with Crippen molar-refractivity contribution in [2.24, 2.45) is 0 Å². The topological polar surface area (TPSA) is 20.2 Å². The lowest BCUT2D eigenvalue weighted by molar-refractivity contribution is 0.187. The summed E-state index contributed by atoms with van der Waals surface area (Å²) in [5.41, 5.74) is 0. The summed E-state index contributed by atoms with van der Waals surface area (Å²) in [6, 6.07) is 0. The molecule has 0 saturated heterocycles. The predicted molar refractivity (Wildman–Crippen MR) is 38.1 cm³/mol. The summed E-state index contributed by atoms with van der Waals surface area (Å²) in [6.07, 6.45) is -0.473. The lowest BCUT2D eigenvalue weighted by atomic mass is 10.3. The van der Waals surface area contributed by atoms with Gasteiger partial charge in [0.05, 0.1) is 10.2 Å². The maximum Gasteiger partial charge on any atom is 0.0779 e. The van der Waals surface area contributed by atoms with Crippen LogP contribution in [0.1, 0.15) is 13.8 Å². The lowest BCUT2D eigenvalue weighted by Crippen LogP contribution is -2.23. The van der Waals surface area contributed by atoms with Crippen LogP contribution in [0, 0.1) is 0 Å². The molecule has 0 fully saturated rings. The number of aliphatic hydroxyl groups is 1. The van der Waals surface area contributed by atoms with Gasteiger partial charge in [-0.05, 0) is 13.8 Å². The number of aliphatic hydroxyl groups excluding tert-OH is 1. The van der Waals surface area contributed by atoms with Gasteiger partial charge in [-0.1, -0.05) is 0 Å². The summed E-state index contributed by atoms with van der Waals surface area (Å²) in [5, 5.41) is 8.74. The van der Waals surface area contributed by atoms with Crippen LogP contribution >= 0.6 is 25.3 Å². The molecule has 0 heterocycles. The molecule has 0 bridgehead atoms. The van der Waals surface area contributed by atoms with Crippen molar-refractivity contribution >= 4 is 25.3 Å². The predicted octanol–water partition coefficient (Wildman–Crippen LogP) is 0.943. The van der Waals surface area contributed by atoms with Gasteiger partial charge < -0.3 is 5.11 Å². The Hall–Kier alpha value is 0.660. The van der Waals surface area contributed by atoms with Crippen LogP contribution in [-0.2, 0) is 0 Å². The van der Waals surface area contributed by atoms with E-state index >= 15 is 0 Å². The first kappa shape index (κ1) is 7.66. The molecule has 0 aliphatic rings. The van der Waals surface area contributed by atoms with E-state index in [1.165, 1.54) is 0 Å². The molecule has 0 aromatic rings. The monoisotopic (exact) mass is 138 g/mol. The van der Waals surface area contributed by atoms with Crippen LogP contribution in [0.5, 0.6) is 0 Å². The van der Waals surface area contributed by atoms with Gasteiger partial charge >= 0.3 is 0 Å². The Bertz CT molecular complexity index is 55.2. The number of hydrogen-bond acceptors (Lipinski definition) is 3. The van der Waals surface area contributed by atoms with Crippen LogP contribution in [0.2, 0.25) is 0 Å². The highest BCUT2D eigenvalue weighted by Crippen LogP contribution is 2.21. The molecule has 0 rings (SSSR count). The zero-order valence-electron chi connectivity index (χ0n) is 4.42. The molecular weight excluding hydrogens is 128 g/mol. The highest BCUT2D eigenvalue weighted by atomic mass is 32.2. The Labute approximate surface area is 54.9 Å². The van der Waals surface area contributed by atoms with E-state index < -0.39 is 10.2 Å². The van der Waals surface area contributed by atoms with Gasteiger partial charge in [0.2, 0.25) is 0 Å². The van der Waals surface area contributed by atoms with E-state index in [4.69, 9.17) is 5.11 Å². The molecular formula is C4H10OS2. The van der Waals surface area contributed by atoms with Crippen molar-refractivity contribution in [2.45, 2.75) is 24.0 Å². The van der Waals surface area contributed by atoms with E-state index in [0.29, 0.717) is 0 Å². The van der Waals surface area contributed by atoms with Crippen molar-refractivity contribution in [1.29, 1.82) is 0 Å². The Morgan fingerprint density at radius 3 is 1.71 bits per heavy atom. The summed E-state index contributed by atoms with van der Waals surface area (Å²) in [7, 11) is 0. The van der Waals surface area contributed by atoms with Crippen LogP contribution in [-0.4, -0.2) is 15.3 Å². The lowest BCUT2D eigenvalue weighted by Gasteiger charge is -2.18. The van der Waals surface area contributed by atoms with Crippen LogP contribution < -0.4 is 0 Å². The van der Waals surface area contributed by atoms with E-state index in [1.807, 2.05) is 0 Å². The number of hydrogen-bond donors (Lipinski definition) is 3. The fourth-order valence-corrected chi connectivity index (χ4v) is 0. The minimum Gasteiger partial charge on any atom is -0.391 e. The second-order valence-electron chi connectivity index (χ2n) is 1.77. The maximum atomic E-state index is 8.74. The second kappa shape index (κ2) is 2.29. The van der Waals surface area contributed by atoms with Gasteiger partial charge in [-0.15, -0.1) is 0 Å². The minimum absolute atomic E-state index is 0.473. The van der Waals surface area contributed by atoms with E-state index in [1.54, 1.807) is 13.8 Å². The second-order valence-corrected chi connectivity index (χ2v) is 3.98. The number of thiol groups is 2. The first-order valence-electron chi connectivity index (χ1n) is 2.07. The van der Waals surface area contributed by atoms with Crippen LogP contribution in [0.3, 0.4) is 0 Å². The van der Waals surface area contributed by atoms with Gasteiger partial charge in [0.25, 0.3) is 0 Å². The Kier molecular flexibility index (Phi) is 2.50. The molecule has 1 N–H and O–H groups in total. The molecule has 0 aromatic heterocycles. The fraction of sp³-hybridized carbons (Fsp3) is 1.00. The molecule has 0 saturated carbocycles. The highest BCUT2D eigenvalue weighted by Gasteiger charge is 2.18. The third-order valence-electron chi connectivity index (χ3n) is 0.791. The minimum atomic E-state index is -0.556. The average molecular weight is 138 g/mol. The van der Waals surface area contributed by atoms with Gasteiger partial charge in [-0.3, -0.25) is 0 Å². The molecule has 0 aliphatic heterocycles. The Morgan fingerprint density at radius 2 is 1.71 bits per heavy atom. The molecule has 0 radical (unpaired) electrons. The zero-order chi connectivity index (χ0) is 6.08. The smallest absolute Gasteiger partial charge is 0.0779 e. The molecule has 0 aliphatic carbocycles. The molecule has 0 spiro atoms. The summed E-state index contributed by atoms with van der Waals surface area (Å²) >= 11 is 7.93. The van der Waals surface area contributed by atoms with Crippen LogP contribution in [0.15, 0.2) is 0 Å². The Balaban J connectivity index is 3.54. The van der Waals surface area contributed by atoms with Gasteiger partial charge in [0.15, 0.2) is 0 Å². The van der Waals surface area contributed by atoms with Crippen molar-refractivity contribution in [3.8, 4) is 0 Å². The SMILES string of the molecule is CC(O)C(C)(S)S. The van der Waals surface area contributed by atoms with Crippen molar-refractivity contribution in [3.05, 3.63) is 0 Å². The van der Waals surface area contributed by atoms with Crippen LogP contribution in [0.25, 0.3) is 0 Å². The van der Waals surface area contributed by atoms with Crippen molar-refractivity contribution in [3.63, 3.8) is 0 Å². The highest BCUT2D eigenvalue weighted by molar-refractivity contribution is 8.00. The normalized spacial score (nSPS) is 16.7. The quantitative estimate of drug-likeness (QED) is 0.364. The van der Waals surface area contributed by atoms with E-state index in [-0.39, 0.29) is 0 Å². The van der Waals surface area contributed by atoms with E-state index in [2.05, 4.69) is 25.3 Å². The summed E-state index contributed by atoms with van der Waals surface area (Å²) in [6.45, 7) is 3.39. The van der Waals surface area contributed by atoms with Crippen LogP contribution in [0.4, 0.5) is 0 Å². The standard InChI is InChI=1S/C4H10OS2/c1-3(5)4(2,6)7/h3,5-7H,1-2H3. The molecule has 1 atom stereocenters. The molecule has 1 unspecified atom stereocenters. The third kappa shape index (κ3) is 3.26. The van der Waals surface area contributed by atoms with Gasteiger partial charge in [0, 0.05) is 0 Å². The number of rotatable bonds is 1. The van der Waals surface area contributed by atoms with Gasteiger partial charge in [-0.2, -0.15) is 25.3 Å². The third-order valence-corrected chi connectivity index (χ3v) is 1.54.